The van der Waals surface area contributed by atoms with Crippen molar-refractivity contribution in [2.75, 3.05) is 7.11 Å². The molecule has 0 fully saturated rings. The van der Waals surface area contributed by atoms with Crippen LogP contribution in [0.2, 0.25) is 5.02 Å². The molecule has 0 amide bonds. The number of carbonyl (C=O) groups is 1. The van der Waals surface area contributed by atoms with Gasteiger partial charge in [0.1, 0.15) is 5.82 Å². The van der Waals surface area contributed by atoms with Crippen molar-refractivity contribution in [3.63, 3.8) is 0 Å². The fourth-order valence-electron chi connectivity index (χ4n) is 2.02. The van der Waals surface area contributed by atoms with E-state index < -0.39 is 23.5 Å². The molecule has 122 valence electrons. The van der Waals surface area contributed by atoms with E-state index in [9.17, 15) is 22.4 Å². The van der Waals surface area contributed by atoms with Crippen LogP contribution in [0.4, 0.5) is 17.6 Å². The van der Waals surface area contributed by atoms with E-state index in [0.29, 0.717) is 6.07 Å². The number of nitrogens with zero attached hydrogens (tertiary/aromatic N) is 1. The number of rotatable bonds is 2. The van der Waals surface area contributed by atoms with E-state index in [1.807, 2.05) is 0 Å². The Bertz CT molecular complexity index is 775. The number of aryl methyl sites for hydroxylation is 1. The third kappa shape index (κ3) is 3.44. The molecule has 0 aliphatic carbocycles. The minimum Gasteiger partial charge on any atom is -0.464 e. The average Bonchev–Trinajstić information content (AvgIpc) is 2.48. The molecule has 1 aromatic carbocycles. The monoisotopic (exact) mass is 347 g/mol. The number of pyridine rings is 1. The van der Waals surface area contributed by atoms with Crippen LogP contribution in [0.25, 0.3) is 11.3 Å². The number of carbonyl (C=O) groups excluding carboxylic acids is 1. The topological polar surface area (TPSA) is 39.2 Å². The highest BCUT2D eigenvalue weighted by Gasteiger charge is 2.33. The van der Waals surface area contributed by atoms with Crippen LogP contribution in [-0.2, 0) is 10.9 Å². The molecule has 0 atom stereocenters. The highest BCUT2D eigenvalue weighted by molar-refractivity contribution is 6.33. The number of halogens is 5. The number of esters is 1. The second-order valence-corrected chi connectivity index (χ2v) is 5.07. The van der Waals surface area contributed by atoms with E-state index in [4.69, 9.17) is 11.6 Å². The highest BCUT2D eigenvalue weighted by Crippen LogP contribution is 2.35. The van der Waals surface area contributed by atoms with Crippen LogP contribution in [0, 0.1) is 12.7 Å². The van der Waals surface area contributed by atoms with Crippen molar-refractivity contribution in [2.24, 2.45) is 0 Å². The van der Waals surface area contributed by atoms with E-state index in [1.165, 1.54) is 19.1 Å². The van der Waals surface area contributed by atoms with E-state index in [1.54, 1.807) is 0 Å². The number of ether oxygens (including phenoxy) is 1. The summed E-state index contributed by atoms with van der Waals surface area (Å²) in [4.78, 5) is 15.4. The molecule has 0 saturated heterocycles. The van der Waals surface area contributed by atoms with Crippen LogP contribution in [0.5, 0.6) is 0 Å². The first-order chi connectivity index (χ1) is 10.6. The first-order valence-electron chi connectivity index (χ1n) is 6.27. The summed E-state index contributed by atoms with van der Waals surface area (Å²) in [5.74, 6) is -1.94. The van der Waals surface area contributed by atoms with Crippen LogP contribution in [-0.4, -0.2) is 18.1 Å². The molecule has 0 aliphatic heterocycles. The third-order valence-corrected chi connectivity index (χ3v) is 3.43. The van der Waals surface area contributed by atoms with Crippen LogP contribution in [0.15, 0.2) is 24.3 Å². The van der Waals surface area contributed by atoms with Gasteiger partial charge in [-0.15, -0.1) is 0 Å². The lowest BCUT2D eigenvalue weighted by atomic mass is 10.0. The van der Waals surface area contributed by atoms with Crippen molar-refractivity contribution in [3.8, 4) is 11.3 Å². The maximum atomic E-state index is 14.1. The number of hydrogen-bond donors (Lipinski definition) is 0. The third-order valence-electron chi connectivity index (χ3n) is 3.12. The number of benzene rings is 1. The van der Waals surface area contributed by atoms with Crippen molar-refractivity contribution < 1.29 is 27.1 Å². The van der Waals surface area contributed by atoms with Gasteiger partial charge < -0.3 is 4.74 Å². The lowest BCUT2D eigenvalue weighted by Gasteiger charge is -2.13. The zero-order valence-electron chi connectivity index (χ0n) is 12.0. The van der Waals surface area contributed by atoms with Gasteiger partial charge in [-0.25, -0.2) is 14.2 Å². The lowest BCUT2D eigenvalue weighted by Crippen LogP contribution is -2.09. The molecule has 0 radical (unpaired) electrons. The van der Waals surface area contributed by atoms with Gasteiger partial charge in [0.15, 0.2) is 5.69 Å². The van der Waals surface area contributed by atoms with Gasteiger partial charge in [0.25, 0.3) is 0 Å². The molecule has 0 N–H and O–H groups in total. The second-order valence-electron chi connectivity index (χ2n) is 4.66. The molecule has 0 unspecified atom stereocenters. The molecule has 1 aromatic heterocycles. The van der Waals surface area contributed by atoms with E-state index >= 15 is 0 Å². The van der Waals surface area contributed by atoms with Gasteiger partial charge in [-0.3, -0.25) is 0 Å². The van der Waals surface area contributed by atoms with Gasteiger partial charge >= 0.3 is 12.1 Å². The number of hydrogen-bond acceptors (Lipinski definition) is 3. The Kier molecular flexibility index (Phi) is 4.61. The van der Waals surface area contributed by atoms with Crippen LogP contribution >= 0.6 is 11.6 Å². The molecule has 0 saturated carbocycles. The van der Waals surface area contributed by atoms with Crippen molar-refractivity contribution in [3.05, 3.63) is 51.9 Å². The van der Waals surface area contributed by atoms with Crippen molar-refractivity contribution in [2.45, 2.75) is 13.1 Å². The summed E-state index contributed by atoms with van der Waals surface area (Å²) >= 11 is 5.81. The molecule has 8 heteroatoms. The second kappa shape index (κ2) is 6.16. The summed E-state index contributed by atoms with van der Waals surface area (Å²) in [5, 5.41) is -0.00959. The van der Waals surface area contributed by atoms with Gasteiger partial charge in [-0.1, -0.05) is 11.6 Å². The van der Waals surface area contributed by atoms with Gasteiger partial charge in [0, 0.05) is 5.56 Å². The molecule has 0 spiro atoms. The number of aromatic nitrogens is 1. The minimum atomic E-state index is -4.66. The lowest BCUT2D eigenvalue weighted by molar-refractivity contribution is -0.138. The predicted molar refractivity (Wildman–Crippen MR) is 75.7 cm³/mol. The summed E-state index contributed by atoms with van der Waals surface area (Å²) in [6.45, 7) is 1.21. The van der Waals surface area contributed by atoms with Gasteiger partial charge in [-0.2, -0.15) is 13.2 Å². The zero-order chi connectivity index (χ0) is 17.4. The first kappa shape index (κ1) is 17.2. The number of alkyl halides is 3. The summed E-state index contributed by atoms with van der Waals surface area (Å²) in [5.41, 5.74) is -1.67. The smallest absolute Gasteiger partial charge is 0.416 e. The molecule has 2 rings (SSSR count). The highest BCUT2D eigenvalue weighted by atomic mass is 35.5. The fourth-order valence-corrected chi connectivity index (χ4v) is 2.20. The van der Waals surface area contributed by atoms with Crippen molar-refractivity contribution in [1.29, 1.82) is 0 Å². The maximum Gasteiger partial charge on any atom is 0.416 e. The van der Waals surface area contributed by atoms with Gasteiger partial charge in [0.05, 0.1) is 23.4 Å². The Hall–Kier alpha value is -2.15. The fraction of sp³-hybridized carbons (Fsp3) is 0.200. The Labute approximate surface area is 133 Å². The quantitative estimate of drug-likeness (QED) is 0.586. The molecule has 1 heterocycles. The van der Waals surface area contributed by atoms with E-state index in [-0.39, 0.29) is 27.5 Å². The molecule has 23 heavy (non-hydrogen) atoms. The van der Waals surface area contributed by atoms with Crippen molar-refractivity contribution in [1.82, 2.24) is 4.98 Å². The Morgan fingerprint density at radius 3 is 2.48 bits per heavy atom. The van der Waals surface area contributed by atoms with E-state index in [2.05, 4.69) is 9.72 Å². The zero-order valence-corrected chi connectivity index (χ0v) is 12.7. The summed E-state index contributed by atoms with van der Waals surface area (Å²) in [6.07, 6.45) is -4.66. The van der Waals surface area contributed by atoms with Crippen LogP contribution in [0.3, 0.4) is 0 Å². The largest absolute Gasteiger partial charge is 0.464 e. The standard InChI is InChI=1S/C15H10ClF4NO2/c1-7-5-8(11(17)6-9(7)15(18,19)20)12-4-3-10(16)13(21-12)14(22)23-2/h3-6H,1-2H3. The van der Waals surface area contributed by atoms with Gasteiger partial charge in [0.2, 0.25) is 0 Å². The Morgan fingerprint density at radius 1 is 1.26 bits per heavy atom. The molecule has 0 bridgehead atoms. The summed E-state index contributed by atoms with van der Waals surface area (Å²) < 4.78 is 56.9. The van der Waals surface area contributed by atoms with Gasteiger partial charge in [-0.05, 0) is 36.8 Å². The predicted octanol–water partition coefficient (Wildman–Crippen LogP) is 4.65. The van der Waals surface area contributed by atoms with Crippen LogP contribution in [0.1, 0.15) is 21.6 Å². The van der Waals surface area contributed by atoms with E-state index in [0.717, 1.165) is 13.2 Å². The molecular weight excluding hydrogens is 338 g/mol. The molecule has 3 nitrogen and oxygen atoms in total. The summed E-state index contributed by atoms with van der Waals surface area (Å²) in [7, 11) is 1.12. The Morgan fingerprint density at radius 2 is 1.91 bits per heavy atom. The number of methoxy groups -OCH3 is 1. The van der Waals surface area contributed by atoms with Crippen LogP contribution < -0.4 is 0 Å². The minimum absolute atomic E-state index is 0.00959. The summed E-state index contributed by atoms with van der Waals surface area (Å²) in [6, 6.07) is 4.02. The normalized spacial score (nSPS) is 11.4. The maximum absolute atomic E-state index is 14.1. The SMILES string of the molecule is COC(=O)c1nc(-c2cc(C)c(C(F)(F)F)cc2F)ccc1Cl. The molecular formula is C15H10ClF4NO2. The van der Waals surface area contributed by atoms with Crippen molar-refractivity contribution >= 4 is 17.6 Å². The molecule has 0 aliphatic rings. The average molecular weight is 348 g/mol. The first-order valence-corrected chi connectivity index (χ1v) is 6.65. The molecule has 2 aromatic rings. The Balaban J connectivity index is 2.60.